The summed E-state index contributed by atoms with van der Waals surface area (Å²) < 4.78 is 1.99. The molecular formula is C17H20N6OS3. The first kappa shape index (κ1) is 19.7. The minimum absolute atomic E-state index is 0.143. The fourth-order valence-corrected chi connectivity index (χ4v) is 4.66. The van der Waals surface area contributed by atoms with Gasteiger partial charge in [0.2, 0.25) is 11.0 Å². The summed E-state index contributed by atoms with van der Waals surface area (Å²) in [5.41, 5.74) is 2.28. The van der Waals surface area contributed by atoms with Crippen molar-refractivity contribution in [1.82, 2.24) is 25.0 Å². The van der Waals surface area contributed by atoms with E-state index in [-0.39, 0.29) is 11.7 Å². The molecule has 0 aliphatic rings. The number of carbonyl (C=O) groups is 1. The van der Waals surface area contributed by atoms with Crippen LogP contribution in [-0.2, 0) is 17.8 Å². The lowest BCUT2D eigenvalue weighted by atomic mass is 10.1. The number of anilines is 1. The van der Waals surface area contributed by atoms with Gasteiger partial charge in [-0.2, -0.15) is 0 Å². The molecule has 0 bridgehead atoms. The van der Waals surface area contributed by atoms with Crippen LogP contribution in [0, 0.1) is 13.8 Å². The molecule has 0 fully saturated rings. The van der Waals surface area contributed by atoms with Crippen LogP contribution in [0.4, 0.5) is 5.13 Å². The monoisotopic (exact) mass is 420 g/mol. The van der Waals surface area contributed by atoms with Gasteiger partial charge in [0, 0.05) is 22.4 Å². The number of hydrogen-bond donors (Lipinski definition) is 1. The second-order valence-electron chi connectivity index (χ2n) is 5.73. The zero-order valence-corrected chi connectivity index (χ0v) is 17.8. The van der Waals surface area contributed by atoms with Gasteiger partial charge >= 0.3 is 0 Å². The van der Waals surface area contributed by atoms with Gasteiger partial charge in [0.1, 0.15) is 5.01 Å². The van der Waals surface area contributed by atoms with Crippen LogP contribution in [0.2, 0.25) is 0 Å². The maximum atomic E-state index is 12.2. The molecule has 0 spiro atoms. The van der Waals surface area contributed by atoms with Gasteiger partial charge in [-0.05, 0) is 25.8 Å². The van der Waals surface area contributed by atoms with Crippen LogP contribution in [0.25, 0.3) is 11.4 Å². The molecule has 7 nitrogen and oxygen atoms in total. The highest BCUT2D eigenvalue weighted by molar-refractivity contribution is 7.99. The van der Waals surface area contributed by atoms with Gasteiger partial charge in [-0.25, -0.2) is 0 Å². The van der Waals surface area contributed by atoms with Crippen LogP contribution in [0.3, 0.4) is 0 Å². The van der Waals surface area contributed by atoms with Crippen molar-refractivity contribution in [1.29, 1.82) is 0 Å². The van der Waals surface area contributed by atoms with E-state index in [1.807, 2.05) is 11.5 Å². The van der Waals surface area contributed by atoms with Crippen molar-refractivity contribution >= 4 is 45.5 Å². The van der Waals surface area contributed by atoms with Crippen molar-refractivity contribution in [3.63, 3.8) is 0 Å². The molecule has 0 saturated carbocycles. The highest BCUT2D eigenvalue weighted by atomic mass is 32.2. The lowest BCUT2D eigenvalue weighted by molar-refractivity contribution is -0.113. The summed E-state index contributed by atoms with van der Waals surface area (Å²) in [6.45, 7) is 10.6. The fraction of sp³-hybridized carbons (Fsp3) is 0.353. The average molecular weight is 421 g/mol. The van der Waals surface area contributed by atoms with E-state index < -0.39 is 0 Å². The first-order chi connectivity index (χ1) is 13.0. The number of thioether (sulfide) groups is 1. The summed E-state index contributed by atoms with van der Waals surface area (Å²) in [5.74, 6) is 0.880. The standard InChI is InChI=1S/C17H20N6OS3/c1-5-7-23-15(12-8-25-11(4)10(12)3)20-22-17(23)26-9-13(24)18-16-21-19-14(6-2)27-16/h5,8H,1,6-7,9H2,2-4H3,(H,18,21,24). The maximum Gasteiger partial charge on any atom is 0.236 e. The zero-order chi connectivity index (χ0) is 19.4. The first-order valence-electron chi connectivity index (χ1n) is 8.37. The quantitative estimate of drug-likeness (QED) is 0.439. The smallest absolute Gasteiger partial charge is 0.236 e. The molecule has 3 rings (SSSR count). The number of amides is 1. The Morgan fingerprint density at radius 1 is 1.33 bits per heavy atom. The molecule has 142 valence electrons. The first-order valence-corrected chi connectivity index (χ1v) is 11.1. The Morgan fingerprint density at radius 3 is 2.78 bits per heavy atom. The lowest BCUT2D eigenvalue weighted by Gasteiger charge is -2.07. The van der Waals surface area contributed by atoms with Crippen molar-refractivity contribution < 1.29 is 4.79 Å². The van der Waals surface area contributed by atoms with Gasteiger partial charge in [0.25, 0.3) is 0 Å². The molecule has 0 saturated heterocycles. The van der Waals surface area contributed by atoms with E-state index in [2.05, 4.69) is 51.5 Å². The lowest BCUT2D eigenvalue weighted by Crippen LogP contribution is -2.14. The number of aromatic nitrogens is 5. The molecule has 3 heterocycles. The number of allylic oxidation sites excluding steroid dienone is 1. The van der Waals surface area contributed by atoms with E-state index >= 15 is 0 Å². The number of hydrogen-bond acceptors (Lipinski definition) is 8. The van der Waals surface area contributed by atoms with Crippen LogP contribution in [0.5, 0.6) is 0 Å². The molecule has 10 heteroatoms. The molecule has 27 heavy (non-hydrogen) atoms. The number of nitrogens with one attached hydrogen (secondary N) is 1. The third-order valence-electron chi connectivity index (χ3n) is 3.90. The SMILES string of the molecule is C=CCn1c(SCC(=O)Nc2nnc(CC)s2)nnc1-c1csc(C)c1C. The second kappa shape index (κ2) is 8.77. The summed E-state index contributed by atoms with van der Waals surface area (Å²) in [6, 6.07) is 0. The minimum Gasteiger partial charge on any atom is -0.300 e. The predicted molar refractivity (Wildman–Crippen MR) is 112 cm³/mol. The summed E-state index contributed by atoms with van der Waals surface area (Å²) in [6.07, 6.45) is 2.61. The Hall–Kier alpha value is -2.04. The van der Waals surface area contributed by atoms with E-state index in [1.54, 1.807) is 17.4 Å². The van der Waals surface area contributed by atoms with Crippen molar-refractivity contribution in [2.24, 2.45) is 0 Å². The highest BCUT2D eigenvalue weighted by Crippen LogP contribution is 2.31. The molecule has 0 unspecified atom stereocenters. The number of aryl methyl sites for hydroxylation is 2. The molecule has 0 radical (unpaired) electrons. The number of carbonyl (C=O) groups excluding carboxylic acids is 1. The van der Waals surface area contributed by atoms with Crippen molar-refractivity contribution in [2.75, 3.05) is 11.1 Å². The summed E-state index contributed by atoms with van der Waals surface area (Å²) >= 11 is 4.43. The van der Waals surface area contributed by atoms with Crippen LogP contribution >= 0.6 is 34.4 Å². The maximum absolute atomic E-state index is 12.2. The Morgan fingerprint density at radius 2 is 2.15 bits per heavy atom. The molecule has 0 atom stereocenters. The second-order valence-corrected chi connectivity index (χ2v) is 8.82. The largest absolute Gasteiger partial charge is 0.300 e. The molecule has 1 N–H and O–H groups in total. The predicted octanol–water partition coefficient (Wildman–Crippen LogP) is 3.95. The van der Waals surface area contributed by atoms with Crippen molar-refractivity contribution in [3.05, 3.63) is 33.5 Å². The third-order valence-corrected chi connectivity index (χ3v) is 6.87. The van der Waals surface area contributed by atoms with E-state index in [0.717, 1.165) is 22.8 Å². The van der Waals surface area contributed by atoms with Gasteiger partial charge < -0.3 is 0 Å². The van der Waals surface area contributed by atoms with E-state index in [9.17, 15) is 4.79 Å². The highest BCUT2D eigenvalue weighted by Gasteiger charge is 2.18. The fourth-order valence-electron chi connectivity index (χ4n) is 2.35. The Kier molecular flexibility index (Phi) is 6.40. The van der Waals surface area contributed by atoms with E-state index in [4.69, 9.17) is 0 Å². The third kappa shape index (κ3) is 4.45. The summed E-state index contributed by atoms with van der Waals surface area (Å²) in [5, 5.41) is 23.6. The average Bonchev–Trinajstić information content (AvgIpc) is 3.35. The van der Waals surface area contributed by atoms with Crippen LogP contribution in [-0.4, -0.2) is 36.6 Å². The molecular weight excluding hydrogens is 400 g/mol. The number of rotatable bonds is 8. The molecule has 3 aromatic heterocycles. The minimum atomic E-state index is -0.143. The van der Waals surface area contributed by atoms with E-state index in [1.165, 1.54) is 33.5 Å². The molecule has 0 aromatic carbocycles. The molecule has 3 aromatic rings. The van der Waals surface area contributed by atoms with Gasteiger partial charge in [-0.1, -0.05) is 36.1 Å². The Balaban J connectivity index is 1.72. The van der Waals surface area contributed by atoms with Gasteiger partial charge in [-0.15, -0.1) is 38.3 Å². The van der Waals surface area contributed by atoms with Gasteiger partial charge in [0.15, 0.2) is 11.0 Å². The van der Waals surface area contributed by atoms with Crippen molar-refractivity contribution in [2.45, 2.75) is 38.9 Å². The Bertz CT molecular complexity index is 958. The topological polar surface area (TPSA) is 85.6 Å². The van der Waals surface area contributed by atoms with Crippen molar-refractivity contribution in [3.8, 4) is 11.4 Å². The van der Waals surface area contributed by atoms with Crippen LogP contribution < -0.4 is 5.32 Å². The molecule has 0 aliphatic heterocycles. The number of thiophene rings is 1. The van der Waals surface area contributed by atoms with Gasteiger partial charge in [0.05, 0.1) is 5.75 Å². The molecule has 0 aliphatic carbocycles. The van der Waals surface area contributed by atoms with Gasteiger partial charge in [-0.3, -0.25) is 14.7 Å². The summed E-state index contributed by atoms with van der Waals surface area (Å²) in [4.78, 5) is 13.5. The normalized spacial score (nSPS) is 10.9. The zero-order valence-electron chi connectivity index (χ0n) is 15.4. The summed E-state index contributed by atoms with van der Waals surface area (Å²) in [7, 11) is 0. The number of nitrogens with zero attached hydrogens (tertiary/aromatic N) is 5. The Labute approximate surface area is 169 Å². The van der Waals surface area contributed by atoms with Crippen LogP contribution in [0.15, 0.2) is 23.2 Å². The molecule has 1 amide bonds. The van der Waals surface area contributed by atoms with E-state index in [0.29, 0.717) is 16.8 Å². The van der Waals surface area contributed by atoms with Crippen LogP contribution in [0.1, 0.15) is 22.4 Å².